The zero-order valence-electron chi connectivity index (χ0n) is 27.8. The first-order valence-electron chi connectivity index (χ1n) is 15.4. The fourth-order valence-corrected chi connectivity index (χ4v) is 6.16. The van der Waals surface area contributed by atoms with Crippen molar-refractivity contribution in [1.29, 1.82) is 0 Å². The zero-order chi connectivity index (χ0) is 34.2. The van der Waals surface area contributed by atoms with Crippen LogP contribution in [-0.2, 0) is 27.1 Å². The van der Waals surface area contributed by atoms with Crippen molar-refractivity contribution in [1.82, 2.24) is 0 Å². The number of hydrogen-bond donors (Lipinski definition) is 0. The molecule has 13 heteroatoms. The summed E-state index contributed by atoms with van der Waals surface area (Å²) >= 11 is 0. The lowest BCUT2D eigenvalue weighted by Gasteiger charge is -2.38. The second-order valence-corrected chi connectivity index (χ2v) is 17.7. The standard InChI is InChI=1S/C34H43N4O8Si/c1-34(2,3)47(5,6)46-31-20-21-38(22-31,33(40)45-24-26-12-16-29(17-13-26)37(41)42)25-35-36(28-10-8-7-9-11-28)32(39)44-23-27-14-18-30(43-4)19-15-27/h7-19,25,31H,20-24H2,1-6H3/q+1/t31-,38?/m1/s1. The molecular formula is C34H43N4O8Si+. The van der Waals surface area contributed by atoms with Crippen molar-refractivity contribution in [2.45, 2.75) is 64.6 Å². The molecule has 1 heterocycles. The summed E-state index contributed by atoms with van der Waals surface area (Å²) in [7, 11) is -0.595. The van der Waals surface area contributed by atoms with E-state index in [1.807, 2.05) is 6.07 Å². The number of anilines is 1. The largest absolute Gasteiger partial charge is 0.522 e. The summed E-state index contributed by atoms with van der Waals surface area (Å²) in [4.78, 5) is 37.9. The summed E-state index contributed by atoms with van der Waals surface area (Å²) in [6, 6.07) is 21.8. The Morgan fingerprint density at radius 1 is 0.979 bits per heavy atom. The summed E-state index contributed by atoms with van der Waals surface area (Å²) in [6.07, 6.45) is 0.469. The lowest BCUT2D eigenvalue weighted by molar-refractivity contribution is -0.748. The Bertz CT molecular complexity index is 1560. The van der Waals surface area contributed by atoms with E-state index < -0.39 is 25.4 Å². The molecule has 47 heavy (non-hydrogen) atoms. The number of ether oxygens (including phenoxy) is 3. The van der Waals surface area contributed by atoms with Gasteiger partial charge in [-0.3, -0.25) is 10.1 Å². The van der Waals surface area contributed by atoms with Crippen LogP contribution < -0.4 is 9.75 Å². The van der Waals surface area contributed by atoms with Gasteiger partial charge in [-0.2, -0.15) is 14.3 Å². The minimum Gasteiger partial charge on any atom is -0.497 e. The van der Waals surface area contributed by atoms with E-state index in [0.29, 0.717) is 30.0 Å². The van der Waals surface area contributed by atoms with Gasteiger partial charge in [0.25, 0.3) is 5.69 Å². The molecular weight excluding hydrogens is 620 g/mol. The first kappa shape index (κ1) is 35.3. The fraction of sp³-hybridized carbons (Fsp3) is 0.382. The number of amides is 2. The highest BCUT2D eigenvalue weighted by molar-refractivity contribution is 6.74. The van der Waals surface area contributed by atoms with Crippen molar-refractivity contribution in [3.05, 3.63) is 100 Å². The molecule has 0 aliphatic carbocycles. The number of nitrogens with zero attached hydrogens (tertiary/aromatic N) is 4. The Labute approximate surface area is 276 Å². The average molecular weight is 664 g/mol. The number of quaternary nitrogens is 1. The molecule has 4 rings (SSSR count). The normalized spacial score (nSPS) is 18.1. The Kier molecular flexibility index (Phi) is 11.2. The van der Waals surface area contributed by atoms with Gasteiger partial charge in [0.15, 0.2) is 8.32 Å². The number of carbonyl (C=O) groups is 2. The maximum Gasteiger partial charge on any atom is 0.522 e. The molecule has 0 radical (unpaired) electrons. The van der Waals surface area contributed by atoms with Gasteiger partial charge in [-0.05, 0) is 65.7 Å². The molecule has 0 N–H and O–H groups in total. The smallest absolute Gasteiger partial charge is 0.497 e. The maximum absolute atomic E-state index is 13.9. The predicted molar refractivity (Wildman–Crippen MR) is 181 cm³/mol. The molecule has 1 saturated heterocycles. The molecule has 0 saturated carbocycles. The van der Waals surface area contributed by atoms with Crippen LogP contribution >= 0.6 is 0 Å². The van der Waals surface area contributed by atoms with Crippen LogP contribution in [0.5, 0.6) is 5.75 Å². The highest BCUT2D eigenvalue weighted by atomic mass is 28.4. The van der Waals surface area contributed by atoms with Gasteiger partial charge in [-0.25, -0.2) is 4.79 Å². The Morgan fingerprint density at radius 3 is 2.15 bits per heavy atom. The topological polar surface area (TPSA) is 130 Å². The predicted octanol–water partition coefficient (Wildman–Crippen LogP) is 7.64. The molecule has 1 aliphatic heterocycles. The van der Waals surface area contributed by atoms with Gasteiger partial charge < -0.3 is 18.6 Å². The number of hydrogen-bond acceptors (Lipinski definition) is 9. The van der Waals surface area contributed by atoms with Crippen LogP contribution in [0, 0.1) is 10.1 Å². The van der Waals surface area contributed by atoms with Gasteiger partial charge in [0.2, 0.25) is 6.34 Å². The number of benzene rings is 3. The third-order valence-corrected chi connectivity index (χ3v) is 13.1. The zero-order valence-corrected chi connectivity index (χ0v) is 28.8. The first-order chi connectivity index (χ1) is 22.2. The minimum atomic E-state index is -2.17. The fourth-order valence-electron chi connectivity index (χ4n) is 4.78. The lowest BCUT2D eigenvalue weighted by Crippen LogP contribution is -2.52. The van der Waals surface area contributed by atoms with E-state index in [4.69, 9.17) is 18.6 Å². The van der Waals surface area contributed by atoms with E-state index in [9.17, 15) is 19.7 Å². The van der Waals surface area contributed by atoms with Crippen LogP contribution in [-0.4, -0.2) is 62.6 Å². The second-order valence-electron chi connectivity index (χ2n) is 13.0. The minimum absolute atomic E-state index is 0.00138. The second kappa shape index (κ2) is 14.9. The average Bonchev–Trinajstić information content (AvgIpc) is 3.46. The van der Waals surface area contributed by atoms with E-state index in [0.717, 1.165) is 10.6 Å². The number of para-hydroxylation sites is 1. The molecule has 3 aromatic carbocycles. The van der Waals surface area contributed by atoms with Crippen LogP contribution in [0.3, 0.4) is 0 Å². The van der Waals surface area contributed by atoms with Crippen LogP contribution in [0.2, 0.25) is 18.1 Å². The van der Waals surface area contributed by atoms with E-state index >= 15 is 0 Å². The number of carbonyl (C=O) groups excluding carboxylic acids is 2. The number of nitro benzene ring substituents is 1. The Hall–Kier alpha value is -4.59. The molecule has 1 aliphatic rings. The van der Waals surface area contributed by atoms with Crippen molar-refractivity contribution in [2.24, 2.45) is 5.10 Å². The number of non-ortho nitro benzene ring substituents is 1. The monoisotopic (exact) mass is 663 g/mol. The molecule has 2 atom stereocenters. The third-order valence-electron chi connectivity index (χ3n) is 8.60. The molecule has 12 nitrogen and oxygen atoms in total. The van der Waals surface area contributed by atoms with E-state index in [1.54, 1.807) is 67.8 Å². The van der Waals surface area contributed by atoms with Crippen LogP contribution in [0.1, 0.15) is 38.3 Å². The van der Waals surface area contributed by atoms with Gasteiger partial charge in [0.05, 0.1) is 24.3 Å². The molecule has 0 aromatic heterocycles. The maximum atomic E-state index is 13.9. The van der Waals surface area contributed by atoms with Crippen molar-refractivity contribution in [3.63, 3.8) is 0 Å². The molecule has 3 aromatic rings. The first-order valence-corrected chi connectivity index (χ1v) is 18.3. The summed E-state index contributed by atoms with van der Waals surface area (Å²) < 4.78 is 23.0. The summed E-state index contributed by atoms with van der Waals surface area (Å²) in [6.45, 7) is 11.3. The lowest BCUT2D eigenvalue weighted by atomic mass is 10.2. The van der Waals surface area contributed by atoms with Crippen molar-refractivity contribution < 1.29 is 37.6 Å². The van der Waals surface area contributed by atoms with Crippen molar-refractivity contribution >= 4 is 38.2 Å². The number of likely N-dealkylation sites (tertiary alicyclic amines) is 1. The van der Waals surface area contributed by atoms with E-state index in [2.05, 4.69) is 39.0 Å². The Balaban J connectivity index is 1.59. The summed E-state index contributed by atoms with van der Waals surface area (Å²) in [5.41, 5.74) is 1.76. The number of rotatable bonds is 11. The van der Waals surface area contributed by atoms with Gasteiger partial charge in [0, 0.05) is 18.6 Å². The highest BCUT2D eigenvalue weighted by Gasteiger charge is 2.50. The van der Waals surface area contributed by atoms with Gasteiger partial charge in [0.1, 0.15) is 31.6 Å². The number of hydrazone groups is 1. The molecule has 1 fully saturated rings. The molecule has 0 bridgehead atoms. The molecule has 0 spiro atoms. The molecule has 2 amide bonds. The van der Waals surface area contributed by atoms with E-state index in [1.165, 1.54) is 18.5 Å². The van der Waals surface area contributed by atoms with Crippen LogP contribution in [0.25, 0.3) is 0 Å². The molecule has 250 valence electrons. The highest BCUT2D eigenvalue weighted by Crippen LogP contribution is 2.39. The quantitative estimate of drug-likeness (QED) is 0.0511. The van der Waals surface area contributed by atoms with Gasteiger partial charge in [-0.1, -0.05) is 51.1 Å². The van der Waals surface area contributed by atoms with Crippen molar-refractivity contribution in [3.8, 4) is 5.75 Å². The van der Waals surface area contributed by atoms with Crippen molar-refractivity contribution in [2.75, 3.05) is 25.2 Å². The SMILES string of the molecule is COc1ccc(COC(=O)N(N=C[N+]2(C(=O)OCc3ccc([N+](=O)[O-])cc3)CC[C@@H](O[Si](C)(C)C(C)(C)C)C2)c2ccccc2)cc1. The van der Waals surface area contributed by atoms with Gasteiger partial charge >= 0.3 is 12.2 Å². The summed E-state index contributed by atoms with van der Waals surface area (Å²) in [5.74, 6) is 0.687. The molecule has 1 unspecified atom stereocenters. The summed E-state index contributed by atoms with van der Waals surface area (Å²) in [5, 5.41) is 16.7. The van der Waals surface area contributed by atoms with Crippen LogP contribution in [0.15, 0.2) is 84.0 Å². The third kappa shape index (κ3) is 9.03. The van der Waals surface area contributed by atoms with Crippen LogP contribution in [0.4, 0.5) is 21.0 Å². The van der Waals surface area contributed by atoms with E-state index in [-0.39, 0.29) is 41.1 Å². The Morgan fingerprint density at radius 2 is 1.57 bits per heavy atom. The number of methoxy groups -OCH3 is 1. The van der Waals surface area contributed by atoms with Gasteiger partial charge in [-0.15, -0.1) is 5.10 Å². The number of nitro groups is 1.